The van der Waals surface area contributed by atoms with Crippen LogP contribution in [0.1, 0.15) is 31.9 Å². The van der Waals surface area contributed by atoms with Gasteiger partial charge in [0.05, 0.1) is 13.2 Å². The van der Waals surface area contributed by atoms with Crippen molar-refractivity contribution in [1.82, 2.24) is 0 Å². The van der Waals surface area contributed by atoms with E-state index in [1.807, 2.05) is 24.3 Å². The Bertz CT molecular complexity index is 469. The molecule has 108 valence electrons. The van der Waals surface area contributed by atoms with Gasteiger partial charge in [0.25, 0.3) is 0 Å². The van der Waals surface area contributed by atoms with Crippen molar-refractivity contribution in [2.45, 2.75) is 32.4 Å². The minimum absolute atomic E-state index is 0.335. The van der Waals surface area contributed by atoms with Crippen LogP contribution in [0.15, 0.2) is 29.3 Å². The van der Waals surface area contributed by atoms with Crippen molar-refractivity contribution < 1.29 is 19.0 Å². The molecule has 20 heavy (non-hydrogen) atoms. The van der Waals surface area contributed by atoms with E-state index in [0.29, 0.717) is 13.2 Å². The van der Waals surface area contributed by atoms with Gasteiger partial charge in [-0.15, -0.1) is 0 Å². The molecule has 5 heteroatoms. The molecular formula is C15H19NO4. The van der Waals surface area contributed by atoms with Crippen molar-refractivity contribution in [3.05, 3.63) is 29.8 Å². The first kappa shape index (κ1) is 14.4. The van der Waals surface area contributed by atoms with Crippen LogP contribution in [0.2, 0.25) is 0 Å². The maximum Gasteiger partial charge on any atom is 0.335 e. The predicted molar refractivity (Wildman–Crippen MR) is 75.0 cm³/mol. The molecule has 0 spiro atoms. The number of hydrogen-bond acceptors (Lipinski definition) is 5. The number of aliphatic imine (C=N–C) groups is 1. The summed E-state index contributed by atoms with van der Waals surface area (Å²) in [7, 11) is 0. The molecule has 0 saturated carbocycles. The van der Waals surface area contributed by atoms with Crippen LogP contribution in [0, 0.1) is 0 Å². The summed E-state index contributed by atoms with van der Waals surface area (Å²) >= 11 is 0. The topological polar surface area (TPSA) is 57.1 Å². The van der Waals surface area contributed by atoms with E-state index in [4.69, 9.17) is 14.2 Å². The van der Waals surface area contributed by atoms with Crippen LogP contribution in [0.25, 0.3) is 0 Å². The fourth-order valence-electron chi connectivity index (χ4n) is 1.97. The number of esters is 1. The largest absolute Gasteiger partial charge is 0.494 e. The maximum absolute atomic E-state index is 11.8. The highest BCUT2D eigenvalue weighted by atomic mass is 16.5. The second-order valence-electron chi connectivity index (χ2n) is 4.43. The van der Waals surface area contributed by atoms with Gasteiger partial charge < -0.3 is 14.2 Å². The lowest BCUT2D eigenvalue weighted by atomic mass is 10.0. The average molecular weight is 277 g/mol. The maximum atomic E-state index is 11.8. The van der Waals surface area contributed by atoms with Crippen LogP contribution in [0.4, 0.5) is 0 Å². The van der Waals surface area contributed by atoms with E-state index in [2.05, 4.69) is 11.9 Å². The van der Waals surface area contributed by atoms with Gasteiger partial charge in [0.15, 0.2) is 18.5 Å². The Morgan fingerprint density at radius 3 is 2.70 bits per heavy atom. The van der Waals surface area contributed by atoms with Crippen LogP contribution >= 0.6 is 0 Å². The van der Waals surface area contributed by atoms with E-state index in [1.165, 1.54) is 6.40 Å². The number of ether oxygens (including phenoxy) is 3. The van der Waals surface area contributed by atoms with Gasteiger partial charge in [-0.25, -0.2) is 9.79 Å². The van der Waals surface area contributed by atoms with Gasteiger partial charge in [-0.1, -0.05) is 19.1 Å². The quantitative estimate of drug-likeness (QED) is 0.750. The van der Waals surface area contributed by atoms with E-state index in [-0.39, 0.29) is 5.97 Å². The van der Waals surface area contributed by atoms with E-state index < -0.39 is 12.1 Å². The van der Waals surface area contributed by atoms with Crippen molar-refractivity contribution in [3.8, 4) is 5.75 Å². The normalized spacial score (nSPS) is 20.5. The van der Waals surface area contributed by atoms with Gasteiger partial charge >= 0.3 is 5.97 Å². The first-order valence-electron chi connectivity index (χ1n) is 6.82. The number of benzene rings is 1. The Balaban J connectivity index is 2.05. The Morgan fingerprint density at radius 1 is 1.30 bits per heavy atom. The Morgan fingerprint density at radius 2 is 2.05 bits per heavy atom. The molecule has 1 aromatic carbocycles. The van der Waals surface area contributed by atoms with Crippen LogP contribution in [0.3, 0.4) is 0 Å². The summed E-state index contributed by atoms with van der Waals surface area (Å²) in [5.74, 6) is 0.444. The zero-order valence-electron chi connectivity index (χ0n) is 11.7. The fourth-order valence-corrected chi connectivity index (χ4v) is 1.97. The Labute approximate surface area is 118 Å². The van der Waals surface area contributed by atoms with E-state index in [0.717, 1.165) is 17.7 Å². The number of carbonyl (C=O) groups is 1. The summed E-state index contributed by atoms with van der Waals surface area (Å²) in [6.45, 7) is 4.85. The van der Waals surface area contributed by atoms with Crippen LogP contribution in [-0.4, -0.2) is 31.6 Å². The molecule has 2 rings (SSSR count). The molecule has 0 saturated heterocycles. The van der Waals surface area contributed by atoms with Gasteiger partial charge in [-0.2, -0.15) is 0 Å². The second-order valence-corrected chi connectivity index (χ2v) is 4.43. The van der Waals surface area contributed by atoms with E-state index in [9.17, 15) is 4.79 Å². The number of nitrogens with zero attached hydrogens (tertiary/aromatic N) is 1. The van der Waals surface area contributed by atoms with Crippen LogP contribution in [0.5, 0.6) is 5.75 Å². The molecule has 0 bridgehead atoms. The van der Waals surface area contributed by atoms with E-state index >= 15 is 0 Å². The molecule has 5 nitrogen and oxygen atoms in total. The summed E-state index contributed by atoms with van der Waals surface area (Å²) in [5, 5.41) is 0. The highest BCUT2D eigenvalue weighted by Crippen LogP contribution is 2.29. The van der Waals surface area contributed by atoms with Gasteiger partial charge in [0.1, 0.15) is 5.75 Å². The van der Waals surface area contributed by atoms with Crippen LogP contribution in [-0.2, 0) is 14.3 Å². The molecule has 1 heterocycles. The van der Waals surface area contributed by atoms with E-state index in [1.54, 1.807) is 6.92 Å². The highest BCUT2D eigenvalue weighted by Gasteiger charge is 2.35. The lowest BCUT2D eigenvalue weighted by molar-refractivity contribution is -0.146. The first-order chi connectivity index (χ1) is 9.76. The molecule has 0 N–H and O–H groups in total. The molecule has 1 aliphatic heterocycles. The van der Waals surface area contributed by atoms with Gasteiger partial charge in [0, 0.05) is 0 Å². The smallest absolute Gasteiger partial charge is 0.335 e. The summed E-state index contributed by atoms with van der Waals surface area (Å²) < 4.78 is 15.9. The SMILES string of the molecule is CCCOc1ccc(C2OC=NC2C(=O)OCC)cc1. The minimum Gasteiger partial charge on any atom is -0.494 e. The third-order valence-electron chi connectivity index (χ3n) is 2.93. The number of carbonyl (C=O) groups excluding carboxylic acids is 1. The minimum atomic E-state index is -0.627. The number of hydrogen-bond donors (Lipinski definition) is 0. The molecule has 1 aromatic rings. The van der Waals surface area contributed by atoms with Crippen molar-refractivity contribution in [2.24, 2.45) is 4.99 Å². The summed E-state index contributed by atoms with van der Waals surface area (Å²) in [6, 6.07) is 6.88. The average Bonchev–Trinajstić information content (AvgIpc) is 2.95. The molecule has 0 aliphatic carbocycles. The van der Waals surface area contributed by atoms with Crippen molar-refractivity contribution >= 4 is 12.4 Å². The summed E-state index contributed by atoms with van der Waals surface area (Å²) in [4.78, 5) is 15.8. The predicted octanol–water partition coefficient (Wildman–Crippen LogP) is 2.51. The summed E-state index contributed by atoms with van der Waals surface area (Å²) in [6.07, 6.45) is 1.86. The molecule has 0 fully saturated rings. The molecule has 0 amide bonds. The molecular weight excluding hydrogens is 258 g/mol. The molecule has 0 aromatic heterocycles. The van der Waals surface area contributed by atoms with Crippen molar-refractivity contribution in [1.29, 1.82) is 0 Å². The lowest BCUT2D eigenvalue weighted by Gasteiger charge is -2.16. The van der Waals surface area contributed by atoms with Crippen molar-refractivity contribution in [2.75, 3.05) is 13.2 Å². The highest BCUT2D eigenvalue weighted by molar-refractivity contribution is 5.80. The third-order valence-corrected chi connectivity index (χ3v) is 2.93. The summed E-state index contributed by atoms with van der Waals surface area (Å²) in [5.41, 5.74) is 0.879. The van der Waals surface area contributed by atoms with Crippen LogP contribution < -0.4 is 4.74 Å². The van der Waals surface area contributed by atoms with Gasteiger partial charge in [0.2, 0.25) is 0 Å². The lowest BCUT2D eigenvalue weighted by Crippen LogP contribution is -2.26. The molecule has 1 aliphatic rings. The third kappa shape index (κ3) is 3.29. The molecule has 2 unspecified atom stereocenters. The Hall–Kier alpha value is -2.04. The molecule has 2 atom stereocenters. The van der Waals surface area contributed by atoms with Crippen molar-refractivity contribution in [3.63, 3.8) is 0 Å². The fraction of sp³-hybridized carbons (Fsp3) is 0.467. The second kappa shape index (κ2) is 6.93. The molecule has 0 radical (unpaired) electrons. The zero-order valence-corrected chi connectivity index (χ0v) is 11.7. The van der Waals surface area contributed by atoms with Gasteiger partial charge in [-0.3, -0.25) is 0 Å². The first-order valence-corrected chi connectivity index (χ1v) is 6.82. The zero-order chi connectivity index (χ0) is 14.4. The Kier molecular flexibility index (Phi) is 4.98. The monoisotopic (exact) mass is 277 g/mol. The van der Waals surface area contributed by atoms with Gasteiger partial charge in [-0.05, 0) is 31.0 Å². The standard InChI is InChI=1S/C15H19NO4/c1-3-9-19-12-7-5-11(6-8-12)14-13(16-10-20-14)15(17)18-4-2/h5-8,10,13-14H,3-4,9H2,1-2H3. The number of rotatable bonds is 6.